The van der Waals surface area contributed by atoms with Gasteiger partial charge in [-0.05, 0) is 87.6 Å². The Kier molecular flexibility index (Phi) is 9.09. The Morgan fingerprint density at radius 1 is 1.23 bits per heavy atom. The highest BCUT2D eigenvalue weighted by Crippen LogP contribution is 2.40. The Morgan fingerprint density at radius 2 is 1.84 bits per heavy atom. The van der Waals surface area contributed by atoms with Gasteiger partial charge in [-0.2, -0.15) is 0 Å². The van der Waals surface area contributed by atoms with Gasteiger partial charge >= 0.3 is 5.97 Å². The molecule has 1 aliphatic heterocycles. The summed E-state index contributed by atoms with van der Waals surface area (Å²) in [7, 11) is 2.20. The van der Waals surface area contributed by atoms with Crippen molar-refractivity contribution in [3.05, 3.63) is 16.1 Å². The van der Waals surface area contributed by atoms with Crippen LogP contribution in [0.4, 0.5) is 5.69 Å². The predicted octanol–water partition coefficient (Wildman–Crippen LogP) is 4.15. The van der Waals surface area contributed by atoms with E-state index in [1.165, 1.54) is 50.4 Å². The molecule has 0 aromatic carbocycles. The molecule has 3 N–H and O–H groups in total. The monoisotopic (exact) mass is 450 g/mol. The fourth-order valence-electron chi connectivity index (χ4n) is 3.48. The number of esters is 1. The van der Waals surface area contributed by atoms with Crippen molar-refractivity contribution in [2.45, 2.75) is 60.0 Å². The number of rotatable bonds is 3. The summed E-state index contributed by atoms with van der Waals surface area (Å²) in [4.78, 5) is 20.4. The highest BCUT2D eigenvalue weighted by atomic mass is 32.1. The zero-order valence-electron chi connectivity index (χ0n) is 20.1. The predicted molar refractivity (Wildman–Crippen MR) is 129 cm³/mol. The first-order chi connectivity index (χ1) is 14.5. The minimum absolute atomic E-state index is 0.397. The lowest BCUT2D eigenvalue weighted by molar-refractivity contribution is 0.00764. The molecule has 2 aromatic rings. The Bertz CT molecular complexity index is 881. The van der Waals surface area contributed by atoms with E-state index in [0.717, 1.165) is 27.2 Å². The number of ether oxygens (including phenoxy) is 2. The molecule has 31 heavy (non-hydrogen) atoms. The number of carbonyl (C=O) groups excluding carboxylic acids is 1. The zero-order chi connectivity index (χ0) is 23.2. The largest absolute Gasteiger partial charge is 0.492 e. The number of nitrogens with two attached hydrogens (primary N) is 1. The Balaban J connectivity index is 0.000000316. The number of pyridine rings is 1. The van der Waals surface area contributed by atoms with E-state index in [-0.39, 0.29) is 0 Å². The Labute approximate surface area is 190 Å². The third-order valence-electron chi connectivity index (χ3n) is 4.90. The van der Waals surface area contributed by atoms with Gasteiger partial charge in [0, 0.05) is 10.9 Å². The van der Waals surface area contributed by atoms with Crippen molar-refractivity contribution in [1.29, 1.82) is 0 Å². The van der Waals surface area contributed by atoms with Crippen molar-refractivity contribution in [2.75, 3.05) is 45.6 Å². The summed E-state index contributed by atoms with van der Waals surface area (Å²) in [5, 5.41) is 4.16. The number of fused-ring (bicyclic) bond motifs is 1. The molecule has 1 aliphatic rings. The van der Waals surface area contributed by atoms with Gasteiger partial charge in [0.2, 0.25) is 0 Å². The lowest BCUT2D eigenvalue weighted by atomic mass is 10.1. The first-order valence-electron chi connectivity index (χ1n) is 11.0. The second kappa shape index (κ2) is 11.1. The average molecular weight is 451 g/mol. The van der Waals surface area contributed by atoms with Crippen LogP contribution in [0.5, 0.6) is 5.75 Å². The molecule has 0 spiro atoms. The van der Waals surface area contributed by atoms with Crippen LogP contribution in [0.15, 0.2) is 0 Å². The van der Waals surface area contributed by atoms with E-state index >= 15 is 0 Å². The van der Waals surface area contributed by atoms with E-state index < -0.39 is 11.6 Å². The summed E-state index contributed by atoms with van der Waals surface area (Å²) in [5.74, 6) is 0.318. The fourth-order valence-corrected chi connectivity index (χ4v) is 4.56. The number of thiophene rings is 1. The molecule has 3 heterocycles. The molecule has 0 unspecified atom stereocenters. The Morgan fingerprint density at radius 3 is 2.39 bits per heavy atom. The summed E-state index contributed by atoms with van der Waals surface area (Å²) in [6.45, 7) is 16.7. The van der Waals surface area contributed by atoms with Gasteiger partial charge in [0.1, 0.15) is 21.1 Å². The van der Waals surface area contributed by atoms with E-state index in [4.69, 9.17) is 15.2 Å². The van der Waals surface area contributed by atoms with E-state index in [1.807, 2.05) is 41.5 Å². The molecule has 0 atom stereocenters. The smallest absolute Gasteiger partial charge is 0.351 e. The molecular formula is C23H38N4O3S. The standard InChI is InChI=1S/C16H22N2O3S.C7H16N2/c1-7-20-12-8(2)10-11(17)13(15(19)21-16(4,5)6)22-14(10)18-9(12)3;1-9-6-2-4-8-5-3-7-9/h7,17H2,1-6H3;8H,2-7H2,1H3. The van der Waals surface area contributed by atoms with Crippen LogP contribution in [-0.2, 0) is 4.74 Å². The van der Waals surface area contributed by atoms with E-state index in [0.29, 0.717) is 17.2 Å². The maximum absolute atomic E-state index is 12.3. The maximum atomic E-state index is 12.3. The molecule has 7 nitrogen and oxygen atoms in total. The van der Waals surface area contributed by atoms with Gasteiger partial charge in [-0.3, -0.25) is 0 Å². The molecule has 0 radical (unpaired) electrons. The van der Waals surface area contributed by atoms with Crippen molar-refractivity contribution in [3.63, 3.8) is 0 Å². The van der Waals surface area contributed by atoms with Crippen LogP contribution < -0.4 is 15.8 Å². The van der Waals surface area contributed by atoms with Gasteiger partial charge in [-0.15, -0.1) is 11.3 Å². The summed E-state index contributed by atoms with van der Waals surface area (Å²) in [6.07, 6.45) is 2.60. The van der Waals surface area contributed by atoms with Crippen molar-refractivity contribution < 1.29 is 14.3 Å². The molecule has 1 fully saturated rings. The van der Waals surface area contributed by atoms with Crippen LogP contribution in [0.1, 0.15) is 61.5 Å². The van der Waals surface area contributed by atoms with Gasteiger partial charge in [0.05, 0.1) is 18.0 Å². The molecule has 0 aliphatic carbocycles. The topological polar surface area (TPSA) is 89.7 Å². The second-order valence-corrected chi connectivity index (χ2v) is 9.87. The Hall–Kier alpha value is -1.90. The quantitative estimate of drug-likeness (QED) is 0.679. The van der Waals surface area contributed by atoms with Crippen LogP contribution >= 0.6 is 11.3 Å². The van der Waals surface area contributed by atoms with Crippen molar-refractivity contribution >= 4 is 33.2 Å². The number of nitrogen functional groups attached to an aromatic ring is 1. The van der Waals surface area contributed by atoms with Crippen LogP contribution in [-0.4, -0.2) is 61.3 Å². The van der Waals surface area contributed by atoms with Crippen molar-refractivity contribution in [2.24, 2.45) is 0 Å². The van der Waals surface area contributed by atoms with Gasteiger partial charge in [0.15, 0.2) is 0 Å². The molecule has 8 heteroatoms. The summed E-state index contributed by atoms with van der Waals surface area (Å²) in [6, 6.07) is 0. The number of nitrogens with one attached hydrogen (secondary N) is 1. The third-order valence-corrected chi connectivity index (χ3v) is 5.98. The number of nitrogens with zero attached hydrogens (tertiary/aromatic N) is 2. The number of hydrogen-bond donors (Lipinski definition) is 2. The first-order valence-corrected chi connectivity index (χ1v) is 11.8. The molecule has 0 saturated carbocycles. The summed E-state index contributed by atoms with van der Waals surface area (Å²) in [5.41, 5.74) is 7.75. The highest BCUT2D eigenvalue weighted by molar-refractivity contribution is 7.21. The van der Waals surface area contributed by atoms with Crippen molar-refractivity contribution in [1.82, 2.24) is 15.2 Å². The third kappa shape index (κ3) is 7.05. The average Bonchev–Trinajstić information content (AvgIpc) is 2.97. The number of carbonyl (C=O) groups is 1. The molecule has 174 valence electrons. The minimum atomic E-state index is -0.561. The molecule has 2 aromatic heterocycles. The lowest BCUT2D eigenvalue weighted by Gasteiger charge is -2.19. The van der Waals surface area contributed by atoms with Gasteiger partial charge in [-0.25, -0.2) is 9.78 Å². The number of hydrogen-bond acceptors (Lipinski definition) is 8. The van der Waals surface area contributed by atoms with Gasteiger partial charge < -0.3 is 25.4 Å². The second-order valence-electron chi connectivity index (χ2n) is 8.87. The van der Waals surface area contributed by atoms with Crippen LogP contribution in [0.3, 0.4) is 0 Å². The minimum Gasteiger partial charge on any atom is -0.492 e. The maximum Gasteiger partial charge on any atom is 0.351 e. The number of aryl methyl sites for hydroxylation is 2. The molecular weight excluding hydrogens is 412 g/mol. The van der Waals surface area contributed by atoms with Crippen molar-refractivity contribution in [3.8, 4) is 5.75 Å². The highest BCUT2D eigenvalue weighted by Gasteiger charge is 2.25. The van der Waals surface area contributed by atoms with E-state index in [2.05, 4.69) is 22.2 Å². The molecule has 0 amide bonds. The molecule has 0 bridgehead atoms. The normalized spacial score (nSPS) is 15.6. The summed E-state index contributed by atoms with van der Waals surface area (Å²) < 4.78 is 11.1. The van der Waals surface area contributed by atoms with Crippen LogP contribution in [0, 0.1) is 13.8 Å². The number of anilines is 1. The fraction of sp³-hybridized carbons (Fsp3) is 0.652. The van der Waals surface area contributed by atoms with E-state index in [9.17, 15) is 4.79 Å². The van der Waals surface area contributed by atoms with Gasteiger partial charge in [-0.1, -0.05) is 0 Å². The molecule has 1 saturated heterocycles. The summed E-state index contributed by atoms with van der Waals surface area (Å²) >= 11 is 1.26. The molecule has 3 rings (SSSR count). The van der Waals surface area contributed by atoms with Crippen LogP contribution in [0.25, 0.3) is 10.2 Å². The van der Waals surface area contributed by atoms with Gasteiger partial charge in [0.25, 0.3) is 0 Å². The van der Waals surface area contributed by atoms with Crippen LogP contribution in [0.2, 0.25) is 0 Å². The first kappa shape index (κ1) is 25.4. The number of aromatic nitrogens is 1. The van der Waals surface area contributed by atoms with E-state index in [1.54, 1.807) is 0 Å². The lowest BCUT2D eigenvalue weighted by Crippen LogP contribution is -2.31. The SMILES string of the molecule is CCOc1c(C)nc2sc(C(=O)OC(C)(C)C)c(N)c2c1C.CN1CCCNCCC1. The zero-order valence-corrected chi connectivity index (χ0v) is 20.9.